The molecule has 8 nitrogen and oxygen atoms in total. The minimum absolute atomic E-state index is 0.0192. The van der Waals surface area contributed by atoms with Crippen LogP contribution in [0, 0.1) is 6.92 Å². The first-order chi connectivity index (χ1) is 16.0. The molecule has 34 heavy (non-hydrogen) atoms. The van der Waals surface area contributed by atoms with E-state index in [0.717, 1.165) is 22.3 Å². The van der Waals surface area contributed by atoms with Crippen LogP contribution in [-0.2, 0) is 22.7 Å². The van der Waals surface area contributed by atoms with E-state index in [1.807, 2.05) is 55.5 Å². The predicted octanol–water partition coefficient (Wildman–Crippen LogP) is 6.24. The second-order valence-electron chi connectivity index (χ2n) is 8.56. The van der Waals surface area contributed by atoms with Crippen LogP contribution in [0.3, 0.4) is 0 Å². The third-order valence-corrected chi connectivity index (χ3v) is 4.83. The van der Waals surface area contributed by atoms with Gasteiger partial charge in [-0.1, -0.05) is 60.1 Å². The van der Waals surface area contributed by atoms with E-state index in [2.05, 4.69) is 9.97 Å². The van der Waals surface area contributed by atoms with Crippen molar-refractivity contribution in [2.24, 2.45) is 0 Å². The van der Waals surface area contributed by atoms with E-state index in [1.54, 1.807) is 20.8 Å². The smallest absolute Gasteiger partial charge is 0.427 e. The zero-order chi connectivity index (χ0) is 24.9. The number of imide groups is 1. The Kier molecular flexibility index (Phi) is 7.86. The summed E-state index contributed by atoms with van der Waals surface area (Å²) in [6.45, 7) is 7.50. The van der Waals surface area contributed by atoms with Crippen LogP contribution in [0.5, 0.6) is 0 Å². The highest BCUT2D eigenvalue weighted by atomic mass is 35.5. The second-order valence-corrected chi connectivity index (χ2v) is 8.95. The normalized spacial score (nSPS) is 11.2. The van der Waals surface area contributed by atoms with Gasteiger partial charge in [-0.2, -0.15) is 4.98 Å². The maximum atomic E-state index is 12.5. The van der Waals surface area contributed by atoms with Crippen molar-refractivity contribution in [2.75, 3.05) is 4.90 Å². The Labute approximate surface area is 203 Å². The Bertz CT molecular complexity index is 1180. The van der Waals surface area contributed by atoms with E-state index in [1.165, 1.54) is 6.07 Å². The van der Waals surface area contributed by atoms with Crippen molar-refractivity contribution < 1.29 is 24.2 Å². The summed E-state index contributed by atoms with van der Waals surface area (Å²) in [5.74, 6) is -0.399. The SMILES string of the molecule is Cc1cccc(COCc2ccccc2)c1-c1cc(Cl)nc(N(C(=O)O)C(=O)OC(C)(C)C)n1. The van der Waals surface area contributed by atoms with E-state index in [0.29, 0.717) is 17.2 Å². The van der Waals surface area contributed by atoms with E-state index in [-0.39, 0.29) is 11.8 Å². The molecule has 0 aliphatic carbocycles. The Balaban J connectivity index is 1.95. The molecule has 178 valence electrons. The lowest BCUT2D eigenvalue weighted by Crippen LogP contribution is -2.41. The zero-order valence-corrected chi connectivity index (χ0v) is 20.2. The first kappa shape index (κ1) is 25.1. The van der Waals surface area contributed by atoms with Gasteiger partial charge in [0, 0.05) is 11.6 Å². The lowest BCUT2D eigenvalue weighted by atomic mass is 9.99. The summed E-state index contributed by atoms with van der Waals surface area (Å²) >= 11 is 6.22. The fourth-order valence-electron chi connectivity index (χ4n) is 3.25. The summed E-state index contributed by atoms with van der Waals surface area (Å²) < 4.78 is 11.1. The van der Waals surface area contributed by atoms with Crippen molar-refractivity contribution in [3.8, 4) is 11.3 Å². The van der Waals surface area contributed by atoms with Crippen LogP contribution in [-0.4, -0.2) is 32.9 Å². The molecule has 1 aromatic heterocycles. The summed E-state index contributed by atoms with van der Waals surface area (Å²) in [6, 6.07) is 17.0. The predicted molar refractivity (Wildman–Crippen MR) is 129 cm³/mol. The fraction of sp³-hybridized carbons (Fsp3) is 0.280. The number of amides is 2. The highest BCUT2D eigenvalue weighted by Crippen LogP contribution is 2.30. The number of hydrogen-bond donors (Lipinski definition) is 1. The second kappa shape index (κ2) is 10.6. The van der Waals surface area contributed by atoms with Crippen molar-refractivity contribution >= 4 is 29.7 Å². The van der Waals surface area contributed by atoms with Crippen molar-refractivity contribution in [3.05, 3.63) is 76.4 Å². The average Bonchev–Trinajstić information content (AvgIpc) is 2.72. The molecule has 3 aromatic rings. The minimum atomic E-state index is -1.58. The van der Waals surface area contributed by atoms with Crippen LogP contribution in [0.1, 0.15) is 37.5 Å². The summed E-state index contributed by atoms with van der Waals surface area (Å²) in [5.41, 5.74) is 2.91. The Morgan fingerprint density at radius 1 is 1.03 bits per heavy atom. The molecule has 0 fully saturated rings. The Morgan fingerprint density at radius 3 is 2.38 bits per heavy atom. The lowest BCUT2D eigenvalue weighted by molar-refractivity contribution is 0.0579. The molecule has 1 N–H and O–H groups in total. The fourth-order valence-corrected chi connectivity index (χ4v) is 3.43. The molecule has 3 rings (SSSR count). The average molecular weight is 484 g/mol. The van der Waals surface area contributed by atoms with Gasteiger partial charge in [0.05, 0.1) is 18.9 Å². The van der Waals surface area contributed by atoms with Crippen molar-refractivity contribution in [2.45, 2.75) is 46.5 Å². The first-order valence-corrected chi connectivity index (χ1v) is 10.9. The molecule has 0 saturated heterocycles. The molecule has 0 spiro atoms. The number of aromatic nitrogens is 2. The van der Waals surface area contributed by atoms with Crippen LogP contribution >= 0.6 is 11.6 Å². The maximum Gasteiger partial charge on any atom is 0.427 e. The van der Waals surface area contributed by atoms with Crippen molar-refractivity contribution in [3.63, 3.8) is 0 Å². The molecule has 2 aromatic carbocycles. The Morgan fingerprint density at radius 2 is 1.74 bits per heavy atom. The summed E-state index contributed by atoms with van der Waals surface area (Å²) in [5, 5.41) is 9.64. The number of carbonyl (C=O) groups excluding carboxylic acids is 1. The Hall–Kier alpha value is -3.49. The number of rotatable bonds is 6. The number of hydrogen-bond acceptors (Lipinski definition) is 6. The van der Waals surface area contributed by atoms with Gasteiger partial charge >= 0.3 is 12.2 Å². The minimum Gasteiger partial charge on any atom is -0.464 e. The molecule has 0 radical (unpaired) electrons. The van der Waals surface area contributed by atoms with Crippen LogP contribution in [0.2, 0.25) is 5.15 Å². The molecule has 1 heterocycles. The largest absolute Gasteiger partial charge is 0.464 e. The molecule has 0 saturated carbocycles. The number of anilines is 1. The lowest BCUT2D eigenvalue weighted by Gasteiger charge is -2.23. The van der Waals surface area contributed by atoms with Crippen LogP contribution < -0.4 is 4.90 Å². The van der Waals surface area contributed by atoms with Gasteiger partial charge in [-0.3, -0.25) is 0 Å². The van der Waals surface area contributed by atoms with Gasteiger partial charge in [0.15, 0.2) is 0 Å². The van der Waals surface area contributed by atoms with Crippen molar-refractivity contribution in [1.29, 1.82) is 0 Å². The van der Waals surface area contributed by atoms with E-state index < -0.39 is 23.7 Å². The molecule has 0 aliphatic heterocycles. The monoisotopic (exact) mass is 483 g/mol. The van der Waals surface area contributed by atoms with Crippen molar-refractivity contribution in [1.82, 2.24) is 9.97 Å². The molecule has 9 heteroatoms. The van der Waals surface area contributed by atoms with E-state index in [4.69, 9.17) is 21.1 Å². The molecular formula is C25H26ClN3O5. The number of aryl methyl sites for hydroxylation is 1. The van der Waals surface area contributed by atoms with Gasteiger partial charge in [-0.05, 0) is 44.4 Å². The highest BCUT2D eigenvalue weighted by Gasteiger charge is 2.31. The van der Waals surface area contributed by atoms with E-state index >= 15 is 0 Å². The van der Waals surface area contributed by atoms with Gasteiger partial charge in [0.25, 0.3) is 0 Å². The highest BCUT2D eigenvalue weighted by molar-refractivity contribution is 6.29. The summed E-state index contributed by atoms with van der Waals surface area (Å²) in [7, 11) is 0. The van der Waals surface area contributed by atoms with Gasteiger partial charge in [-0.25, -0.2) is 14.6 Å². The number of ether oxygens (including phenoxy) is 2. The zero-order valence-electron chi connectivity index (χ0n) is 19.4. The van der Waals surface area contributed by atoms with Crippen LogP contribution in [0.4, 0.5) is 15.5 Å². The summed E-state index contributed by atoms with van der Waals surface area (Å²) in [4.78, 5) is 33.1. The number of carboxylic acid groups (broad SMARTS) is 1. The van der Waals surface area contributed by atoms with E-state index in [9.17, 15) is 14.7 Å². The third-order valence-electron chi connectivity index (χ3n) is 4.63. The van der Waals surface area contributed by atoms with Gasteiger partial charge < -0.3 is 14.6 Å². The number of halogens is 1. The number of nitrogens with zero attached hydrogens (tertiary/aromatic N) is 3. The molecule has 0 aliphatic rings. The molecule has 2 amide bonds. The molecule has 0 unspecified atom stereocenters. The molecule has 0 atom stereocenters. The molecule has 0 bridgehead atoms. The molecular weight excluding hydrogens is 458 g/mol. The van der Waals surface area contributed by atoms with Crippen LogP contribution in [0.15, 0.2) is 54.6 Å². The van der Waals surface area contributed by atoms with Crippen LogP contribution in [0.25, 0.3) is 11.3 Å². The number of benzene rings is 2. The first-order valence-electron chi connectivity index (χ1n) is 10.6. The quantitative estimate of drug-likeness (QED) is 0.414. The van der Waals surface area contributed by atoms with Gasteiger partial charge in [0.1, 0.15) is 10.8 Å². The standard InChI is InChI=1S/C25H26ClN3O5/c1-16-9-8-12-18(15-33-14-17-10-6-5-7-11-17)21(16)19-13-20(26)28-22(27-19)29(23(30)31)24(32)34-25(2,3)4/h5-13H,14-15H2,1-4H3,(H,30,31). The summed E-state index contributed by atoms with van der Waals surface area (Å²) in [6.07, 6.45) is -2.71. The van der Waals surface area contributed by atoms with Gasteiger partial charge in [0.2, 0.25) is 5.95 Å². The van der Waals surface area contributed by atoms with Gasteiger partial charge in [-0.15, -0.1) is 4.90 Å². The number of carbonyl (C=O) groups is 2. The third kappa shape index (κ3) is 6.52. The topological polar surface area (TPSA) is 102 Å². The maximum absolute atomic E-state index is 12.5.